The highest BCUT2D eigenvalue weighted by Gasteiger charge is 2.23. The molecule has 7 nitrogen and oxygen atoms in total. The van der Waals surface area contributed by atoms with E-state index in [1.54, 1.807) is 36.5 Å². The second-order valence-corrected chi connectivity index (χ2v) is 11.6. The number of hydrogen-bond donors (Lipinski definition) is 2. The van der Waals surface area contributed by atoms with Crippen molar-refractivity contribution in [3.05, 3.63) is 46.9 Å². The first-order valence-electron chi connectivity index (χ1n) is 11.3. The van der Waals surface area contributed by atoms with E-state index in [1.807, 2.05) is 13.0 Å². The lowest BCUT2D eigenvalue weighted by Crippen LogP contribution is -2.17. The molecule has 0 spiro atoms. The predicted molar refractivity (Wildman–Crippen MR) is 139 cm³/mol. The fraction of sp³-hybridized carbons (Fsp3) is 0.417. The minimum Gasteiger partial charge on any atom is -0.495 e. The summed E-state index contributed by atoms with van der Waals surface area (Å²) in [5.74, 6) is 0.259. The third-order valence-electron chi connectivity index (χ3n) is 6.02. The zero-order valence-electron chi connectivity index (χ0n) is 19.5. The van der Waals surface area contributed by atoms with Crippen molar-refractivity contribution in [2.75, 3.05) is 17.1 Å². The summed E-state index contributed by atoms with van der Waals surface area (Å²) in [4.78, 5) is 9.69. The van der Waals surface area contributed by atoms with Crippen LogP contribution in [0.4, 0.5) is 10.8 Å². The van der Waals surface area contributed by atoms with Crippen LogP contribution in [0.3, 0.4) is 0 Å². The van der Waals surface area contributed by atoms with Gasteiger partial charge >= 0.3 is 0 Å². The minimum absolute atomic E-state index is 0.0490. The highest BCUT2D eigenvalue weighted by Crippen LogP contribution is 2.37. The summed E-state index contributed by atoms with van der Waals surface area (Å²) >= 11 is 7.46. The molecule has 0 unspecified atom stereocenters. The fourth-order valence-corrected chi connectivity index (χ4v) is 6.74. The van der Waals surface area contributed by atoms with Crippen molar-refractivity contribution < 1.29 is 13.2 Å². The van der Waals surface area contributed by atoms with Crippen LogP contribution < -0.4 is 14.8 Å². The van der Waals surface area contributed by atoms with Crippen LogP contribution in [0, 0.1) is 13.8 Å². The molecule has 1 aromatic carbocycles. The van der Waals surface area contributed by atoms with Gasteiger partial charge in [0, 0.05) is 6.04 Å². The van der Waals surface area contributed by atoms with Crippen molar-refractivity contribution in [2.45, 2.75) is 63.3 Å². The van der Waals surface area contributed by atoms with Crippen molar-refractivity contribution in [3.8, 4) is 16.2 Å². The number of pyridine rings is 1. The van der Waals surface area contributed by atoms with Crippen LogP contribution in [-0.2, 0) is 10.0 Å². The molecule has 2 N–H and O–H groups in total. The van der Waals surface area contributed by atoms with E-state index in [4.69, 9.17) is 21.3 Å². The van der Waals surface area contributed by atoms with Crippen molar-refractivity contribution in [3.63, 3.8) is 0 Å². The maximum absolute atomic E-state index is 13.3. The number of rotatable bonds is 7. The zero-order chi connectivity index (χ0) is 24.3. The summed E-state index contributed by atoms with van der Waals surface area (Å²) in [7, 11) is -2.49. The van der Waals surface area contributed by atoms with Crippen LogP contribution in [0.5, 0.6) is 5.75 Å². The number of benzene rings is 1. The van der Waals surface area contributed by atoms with E-state index in [1.165, 1.54) is 39.0 Å². The third-order valence-corrected chi connectivity index (χ3v) is 8.75. The number of aryl methyl sites for hydroxylation is 2. The highest BCUT2D eigenvalue weighted by molar-refractivity contribution is 7.92. The van der Waals surface area contributed by atoms with Crippen LogP contribution in [0.15, 0.2) is 35.4 Å². The fourth-order valence-electron chi connectivity index (χ4n) is 4.18. The number of halogens is 1. The molecule has 34 heavy (non-hydrogen) atoms. The molecule has 10 heteroatoms. The average molecular weight is 521 g/mol. The second kappa shape index (κ2) is 10.5. The SMILES string of the molecule is COc1ccc(-c2sc(NC3CCCCCC3)nc2C)cc1S(=O)(=O)Nc1cnc(Cl)cc1C. The van der Waals surface area contributed by atoms with Gasteiger partial charge in [0.15, 0.2) is 5.13 Å². The number of nitrogens with zero attached hydrogens (tertiary/aromatic N) is 2. The van der Waals surface area contributed by atoms with Crippen LogP contribution >= 0.6 is 22.9 Å². The maximum Gasteiger partial charge on any atom is 0.265 e. The zero-order valence-corrected chi connectivity index (χ0v) is 21.9. The minimum atomic E-state index is -3.94. The Morgan fingerprint density at radius 3 is 2.53 bits per heavy atom. The van der Waals surface area contributed by atoms with E-state index < -0.39 is 10.0 Å². The van der Waals surface area contributed by atoms with Gasteiger partial charge in [-0.05, 0) is 62.1 Å². The van der Waals surface area contributed by atoms with Gasteiger partial charge in [-0.1, -0.05) is 48.6 Å². The predicted octanol–water partition coefficient (Wildman–Crippen LogP) is 6.42. The monoisotopic (exact) mass is 520 g/mol. The number of anilines is 2. The van der Waals surface area contributed by atoms with E-state index in [-0.39, 0.29) is 10.6 Å². The molecule has 0 atom stereocenters. The summed E-state index contributed by atoms with van der Waals surface area (Å²) in [6, 6.07) is 7.22. The Morgan fingerprint density at radius 1 is 1.12 bits per heavy atom. The largest absolute Gasteiger partial charge is 0.495 e. The van der Waals surface area contributed by atoms with E-state index in [2.05, 4.69) is 15.0 Å². The average Bonchev–Trinajstić information content (AvgIpc) is 2.98. The van der Waals surface area contributed by atoms with Crippen LogP contribution in [0.25, 0.3) is 10.4 Å². The summed E-state index contributed by atoms with van der Waals surface area (Å²) in [6.07, 6.45) is 8.79. The number of methoxy groups -OCH3 is 1. The number of hydrogen-bond acceptors (Lipinski definition) is 7. The van der Waals surface area contributed by atoms with Gasteiger partial charge < -0.3 is 10.1 Å². The molecule has 1 saturated carbocycles. The van der Waals surface area contributed by atoms with Gasteiger partial charge in [-0.25, -0.2) is 18.4 Å². The molecule has 1 aliphatic carbocycles. The first kappa shape index (κ1) is 24.8. The topological polar surface area (TPSA) is 93.2 Å². The molecule has 0 amide bonds. The summed E-state index contributed by atoms with van der Waals surface area (Å²) < 4.78 is 34.6. The molecule has 0 bridgehead atoms. The lowest BCUT2D eigenvalue weighted by molar-refractivity contribution is 0.403. The van der Waals surface area contributed by atoms with Gasteiger partial charge in [0.1, 0.15) is 15.8 Å². The second-order valence-electron chi connectivity index (χ2n) is 8.56. The van der Waals surface area contributed by atoms with Crippen LogP contribution in [0.1, 0.15) is 49.8 Å². The van der Waals surface area contributed by atoms with Crippen LogP contribution in [0.2, 0.25) is 5.15 Å². The van der Waals surface area contributed by atoms with E-state index in [9.17, 15) is 8.42 Å². The Bertz CT molecular complexity index is 1270. The molecule has 2 aromatic heterocycles. The van der Waals surface area contributed by atoms with Crippen molar-refractivity contribution >= 4 is 43.8 Å². The molecule has 0 saturated heterocycles. The van der Waals surface area contributed by atoms with Gasteiger partial charge in [0.2, 0.25) is 0 Å². The van der Waals surface area contributed by atoms with Crippen LogP contribution in [-0.4, -0.2) is 31.5 Å². The number of sulfonamides is 1. The number of ether oxygens (including phenoxy) is 1. The molecule has 0 aliphatic heterocycles. The maximum atomic E-state index is 13.3. The van der Waals surface area contributed by atoms with Crippen molar-refractivity contribution in [2.24, 2.45) is 0 Å². The Labute approximate surface area is 210 Å². The third kappa shape index (κ3) is 5.64. The standard InChI is InChI=1S/C24H29ClN4O3S2/c1-15-12-22(25)26-14-19(15)29-34(30,31)21-13-17(10-11-20(21)32-3)23-16(2)27-24(33-23)28-18-8-6-4-5-7-9-18/h10-14,18,29H,4-9H2,1-3H3,(H,27,28). The Morgan fingerprint density at radius 2 is 1.85 bits per heavy atom. The molecule has 2 heterocycles. The van der Waals surface area contributed by atoms with Gasteiger partial charge in [-0.15, -0.1) is 0 Å². The summed E-state index contributed by atoms with van der Waals surface area (Å²) in [6.45, 7) is 3.71. The van der Waals surface area contributed by atoms with E-state index >= 15 is 0 Å². The summed E-state index contributed by atoms with van der Waals surface area (Å²) in [5.41, 5.74) is 2.67. The van der Waals surface area contributed by atoms with Gasteiger partial charge in [-0.3, -0.25) is 4.72 Å². The highest BCUT2D eigenvalue weighted by atomic mass is 35.5. The van der Waals surface area contributed by atoms with Gasteiger partial charge in [0.25, 0.3) is 10.0 Å². The van der Waals surface area contributed by atoms with Crippen molar-refractivity contribution in [1.29, 1.82) is 0 Å². The molecule has 1 aliphatic rings. The molecule has 0 radical (unpaired) electrons. The molecular weight excluding hydrogens is 492 g/mol. The molecule has 4 rings (SSSR count). The normalized spacial score (nSPS) is 15.1. The quantitative estimate of drug-likeness (QED) is 0.276. The molecular formula is C24H29ClN4O3S2. The Kier molecular flexibility index (Phi) is 7.64. The molecule has 3 aromatic rings. The van der Waals surface area contributed by atoms with Crippen molar-refractivity contribution in [1.82, 2.24) is 9.97 Å². The smallest absolute Gasteiger partial charge is 0.265 e. The van der Waals surface area contributed by atoms with E-state index in [0.29, 0.717) is 22.4 Å². The molecule has 182 valence electrons. The number of aromatic nitrogens is 2. The number of nitrogens with one attached hydrogen (secondary N) is 2. The Balaban J connectivity index is 1.64. The van der Waals surface area contributed by atoms with Gasteiger partial charge in [-0.2, -0.15) is 0 Å². The lowest BCUT2D eigenvalue weighted by Gasteiger charge is -2.15. The lowest BCUT2D eigenvalue weighted by atomic mass is 10.1. The first-order chi connectivity index (χ1) is 16.3. The Hall–Kier alpha value is -2.36. The molecule has 1 fully saturated rings. The van der Waals surface area contributed by atoms with Gasteiger partial charge in [0.05, 0.1) is 29.6 Å². The summed E-state index contributed by atoms with van der Waals surface area (Å²) in [5, 5.41) is 4.77. The van der Waals surface area contributed by atoms with E-state index in [0.717, 1.165) is 34.1 Å². The first-order valence-corrected chi connectivity index (χ1v) is 14.0. The number of thiazole rings is 1.